The van der Waals surface area contributed by atoms with Crippen LogP contribution in [0.5, 0.6) is 0 Å². The molecule has 0 bridgehead atoms. The molecule has 0 spiro atoms. The molecule has 7 nitrogen and oxygen atoms in total. The molecule has 0 heterocycles. The van der Waals surface area contributed by atoms with E-state index in [-0.39, 0.29) is 35.8 Å². The van der Waals surface area contributed by atoms with Crippen LogP contribution in [-0.4, -0.2) is 39.5 Å². The maximum atomic E-state index is 13.3. The molecule has 10 heteroatoms. The molecule has 1 N–H and O–H groups in total. The zero-order valence-electron chi connectivity index (χ0n) is 19.4. The van der Waals surface area contributed by atoms with Crippen molar-refractivity contribution in [3.05, 3.63) is 73.8 Å². The number of halogens is 2. The predicted octanol–water partition coefficient (Wildman–Crippen LogP) is 5.86. The fourth-order valence-corrected chi connectivity index (χ4v) is 4.59. The number of carbonyl (C=O) groups excluding carboxylic acids is 2. The lowest BCUT2D eigenvalue weighted by molar-refractivity contribution is -0.384. The lowest BCUT2D eigenvalue weighted by Crippen LogP contribution is -2.51. The van der Waals surface area contributed by atoms with Gasteiger partial charge in [-0.3, -0.25) is 19.7 Å². The topological polar surface area (TPSA) is 92.6 Å². The van der Waals surface area contributed by atoms with Crippen molar-refractivity contribution in [3.63, 3.8) is 0 Å². The van der Waals surface area contributed by atoms with Crippen LogP contribution in [0, 0.1) is 10.1 Å². The van der Waals surface area contributed by atoms with Crippen LogP contribution in [0.4, 0.5) is 5.69 Å². The van der Waals surface area contributed by atoms with Crippen molar-refractivity contribution in [2.45, 2.75) is 58.0 Å². The molecule has 2 rings (SSSR count). The Kier molecular flexibility index (Phi) is 11.1. The van der Waals surface area contributed by atoms with Gasteiger partial charge in [-0.25, -0.2) is 0 Å². The molecule has 2 aromatic rings. The molecule has 0 aliphatic rings. The minimum Gasteiger partial charge on any atom is -0.352 e. The van der Waals surface area contributed by atoms with Gasteiger partial charge in [0.25, 0.3) is 5.69 Å². The first-order valence-corrected chi connectivity index (χ1v) is 12.9. The van der Waals surface area contributed by atoms with Crippen LogP contribution in [0.2, 0.25) is 10.0 Å². The molecule has 0 fully saturated rings. The van der Waals surface area contributed by atoms with Crippen LogP contribution < -0.4 is 5.32 Å². The van der Waals surface area contributed by atoms with Crippen molar-refractivity contribution < 1.29 is 14.5 Å². The third kappa shape index (κ3) is 8.18. The molecule has 34 heavy (non-hydrogen) atoms. The first-order valence-electron chi connectivity index (χ1n) is 11.0. The standard InChI is InChI=1S/C24H29Cl2N3O4S/c1-4-16(3)27-24(31)22(5-2)28(13-18-8-9-19(25)12-21(18)26)23(30)15-34-14-17-6-10-20(11-7-17)29(32)33/h6-12,16,22H,4-5,13-15H2,1-3H3,(H,27,31)/t16-,22+/m1/s1. The highest BCUT2D eigenvalue weighted by Crippen LogP contribution is 2.25. The fourth-order valence-electron chi connectivity index (χ4n) is 3.25. The number of benzene rings is 2. The summed E-state index contributed by atoms with van der Waals surface area (Å²) in [7, 11) is 0. The van der Waals surface area contributed by atoms with Gasteiger partial charge in [0.05, 0.1) is 10.7 Å². The molecule has 0 aliphatic heterocycles. The third-order valence-corrected chi connectivity index (χ3v) is 6.96. The van der Waals surface area contributed by atoms with E-state index in [9.17, 15) is 19.7 Å². The molecule has 0 aromatic heterocycles. The molecular weight excluding hydrogens is 497 g/mol. The van der Waals surface area contributed by atoms with Gasteiger partial charge < -0.3 is 10.2 Å². The normalized spacial score (nSPS) is 12.6. The number of nitro groups is 1. The zero-order chi connectivity index (χ0) is 25.3. The van der Waals surface area contributed by atoms with Crippen molar-refractivity contribution >= 4 is 52.5 Å². The molecule has 2 atom stereocenters. The van der Waals surface area contributed by atoms with Gasteiger partial charge in [0, 0.05) is 40.5 Å². The van der Waals surface area contributed by atoms with E-state index in [2.05, 4.69) is 5.32 Å². The molecule has 0 saturated heterocycles. The van der Waals surface area contributed by atoms with Crippen LogP contribution in [0.1, 0.15) is 44.7 Å². The SMILES string of the molecule is CC[C@@H](C)NC(=O)[C@H](CC)N(Cc1ccc(Cl)cc1Cl)C(=O)CSCc1ccc([N+](=O)[O-])cc1. The zero-order valence-corrected chi connectivity index (χ0v) is 21.8. The number of rotatable bonds is 12. The van der Waals surface area contributed by atoms with E-state index in [4.69, 9.17) is 23.2 Å². The first-order chi connectivity index (χ1) is 16.2. The minimum absolute atomic E-state index is 0.00543. The van der Waals surface area contributed by atoms with E-state index in [1.54, 1.807) is 35.2 Å². The first kappa shape index (κ1) is 28.0. The van der Waals surface area contributed by atoms with Gasteiger partial charge in [-0.1, -0.05) is 55.2 Å². The highest BCUT2D eigenvalue weighted by Gasteiger charge is 2.29. The Morgan fingerprint density at radius 3 is 2.35 bits per heavy atom. The molecule has 184 valence electrons. The van der Waals surface area contributed by atoms with Gasteiger partial charge in [-0.05, 0) is 43.0 Å². The average Bonchev–Trinajstić information content (AvgIpc) is 2.80. The largest absolute Gasteiger partial charge is 0.352 e. The van der Waals surface area contributed by atoms with Gasteiger partial charge in [-0.15, -0.1) is 11.8 Å². The van der Waals surface area contributed by atoms with Crippen LogP contribution in [0.15, 0.2) is 42.5 Å². The monoisotopic (exact) mass is 525 g/mol. The van der Waals surface area contributed by atoms with Crippen molar-refractivity contribution in [1.82, 2.24) is 10.2 Å². The van der Waals surface area contributed by atoms with E-state index in [0.717, 1.165) is 12.0 Å². The van der Waals surface area contributed by atoms with Crippen LogP contribution in [-0.2, 0) is 21.9 Å². The smallest absolute Gasteiger partial charge is 0.269 e. The molecule has 2 amide bonds. The summed E-state index contributed by atoms with van der Waals surface area (Å²) in [5, 5.41) is 14.7. The number of amides is 2. The maximum Gasteiger partial charge on any atom is 0.269 e. The second-order valence-electron chi connectivity index (χ2n) is 7.92. The Bertz CT molecular complexity index is 1000. The molecule has 0 radical (unpaired) electrons. The Morgan fingerprint density at radius 2 is 1.79 bits per heavy atom. The van der Waals surface area contributed by atoms with Gasteiger partial charge in [-0.2, -0.15) is 0 Å². The molecule has 2 aromatic carbocycles. The van der Waals surface area contributed by atoms with Crippen molar-refractivity contribution in [2.75, 3.05) is 5.75 Å². The number of nitro benzene ring substituents is 1. The number of hydrogen-bond donors (Lipinski definition) is 1. The van der Waals surface area contributed by atoms with Gasteiger partial charge in [0.1, 0.15) is 6.04 Å². The van der Waals surface area contributed by atoms with E-state index in [1.807, 2.05) is 20.8 Å². The number of nitrogens with zero attached hydrogens (tertiary/aromatic N) is 2. The summed E-state index contributed by atoms with van der Waals surface area (Å²) < 4.78 is 0. The Hall–Kier alpha value is -2.29. The van der Waals surface area contributed by atoms with Gasteiger partial charge >= 0.3 is 0 Å². The van der Waals surface area contributed by atoms with Crippen molar-refractivity contribution in [1.29, 1.82) is 0 Å². The number of non-ortho nitro benzene ring substituents is 1. The van der Waals surface area contributed by atoms with E-state index >= 15 is 0 Å². The lowest BCUT2D eigenvalue weighted by atomic mass is 10.1. The third-order valence-electron chi connectivity index (χ3n) is 5.38. The van der Waals surface area contributed by atoms with E-state index in [1.165, 1.54) is 23.9 Å². The molecular formula is C24H29Cl2N3O4S. The summed E-state index contributed by atoms with van der Waals surface area (Å²) in [4.78, 5) is 38.2. The van der Waals surface area contributed by atoms with E-state index in [0.29, 0.717) is 27.8 Å². The van der Waals surface area contributed by atoms with Crippen LogP contribution in [0.3, 0.4) is 0 Å². The molecule has 0 aliphatic carbocycles. The van der Waals surface area contributed by atoms with Crippen LogP contribution >= 0.6 is 35.0 Å². The average molecular weight is 526 g/mol. The molecule has 0 saturated carbocycles. The second-order valence-corrected chi connectivity index (χ2v) is 9.74. The summed E-state index contributed by atoms with van der Waals surface area (Å²) in [6, 6.07) is 10.7. The summed E-state index contributed by atoms with van der Waals surface area (Å²) in [5.74, 6) is 0.268. The lowest BCUT2D eigenvalue weighted by Gasteiger charge is -2.31. The summed E-state index contributed by atoms with van der Waals surface area (Å²) >= 11 is 13.8. The Balaban J connectivity index is 2.16. The Morgan fingerprint density at radius 1 is 1.12 bits per heavy atom. The van der Waals surface area contributed by atoms with E-state index < -0.39 is 11.0 Å². The quantitative estimate of drug-likeness (QED) is 0.276. The number of hydrogen-bond acceptors (Lipinski definition) is 5. The van der Waals surface area contributed by atoms with Gasteiger partial charge in [0.2, 0.25) is 11.8 Å². The minimum atomic E-state index is -0.645. The highest BCUT2D eigenvalue weighted by atomic mass is 35.5. The van der Waals surface area contributed by atoms with Crippen molar-refractivity contribution in [3.8, 4) is 0 Å². The fraction of sp³-hybridized carbons (Fsp3) is 0.417. The van der Waals surface area contributed by atoms with Crippen molar-refractivity contribution in [2.24, 2.45) is 0 Å². The Labute approximate surface area is 214 Å². The highest BCUT2D eigenvalue weighted by molar-refractivity contribution is 7.99. The second kappa shape index (κ2) is 13.6. The van der Waals surface area contributed by atoms with Crippen LogP contribution in [0.25, 0.3) is 0 Å². The van der Waals surface area contributed by atoms with Gasteiger partial charge in [0.15, 0.2) is 0 Å². The predicted molar refractivity (Wildman–Crippen MR) is 138 cm³/mol. The summed E-state index contributed by atoms with van der Waals surface area (Å²) in [5.41, 5.74) is 1.60. The maximum absolute atomic E-state index is 13.3. The summed E-state index contributed by atoms with van der Waals surface area (Å²) in [6.45, 7) is 5.96. The number of thioether (sulfide) groups is 1. The number of carbonyl (C=O) groups is 2. The number of nitrogens with one attached hydrogen (secondary N) is 1. The molecule has 0 unspecified atom stereocenters. The summed E-state index contributed by atoms with van der Waals surface area (Å²) in [6.07, 6.45) is 1.23.